The van der Waals surface area contributed by atoms with E-state index >= 15 is 0 Å². The van der Waals surface area contributed by atoms with E-state index in [1.165, 1.54) is 18.2 Å². The van der Waals surface area contributed by atoms with Crippen LogP contribution in [0.25, 0.3) is 22.3 Å². The molecule has 0 unspecified atom stereocenters. The van der Waals surface area contributed by atoms with Gasteiger partial charge in [-0.1, -0.05) is 18.2 Å². The SMILES string of the molecule is O=C(Nc1nc(-c2ccc(NS(=O)(=O)c3cccc(F)c3)cc2)c2cc[nH]c2n1)C1CC1. The minimum absolute atomic E-state index is 0.0202. The quantitative estimate of drug-likeness (QED) is 0.411. The van der Waals surface area contributed by atoms with E-state index in [1.807, 2.05) is 6.07 Å². The van der Waals surface area contributed by atoms with E-state index in [0.717, 1.165) is 24.3 Å². The van der Waals surface area contributed by atoms with Crippen molar-refractivity contribution in [2.45, 2.75) is 17.7 Å². The number of anilines is 2. The summed E-state index contributed by atoms with van der Waals surface area (Å²) in [5.41, 5.74) is 2.21. The Morgan fingerprint density at radius 3 is 2.56 bits per heavy atom. The third kappa shape index (κ3) is 4.04. The first-order valence-electron chi connectivity index (χ1n) is 9.94. The molecule has 1 fully saturated rings. The fraction of sp³-hybridized carbons (Fsp3) is 0.136. The van der Waals surface area contributed by atoms with Crippen LogP contribution in [0.2, 0.25) is 0 Å². The summed E-state index contributed by atoms with van der Waals surface area (Å²) >= 11 is 0. The highest BCUT2D eigenvalue weighted by atomic mass is 32.2. The van der Waals surface area contributed by atoms with E-state index in [0.29, 0.717) is 22.6 Å². The molecule has 2 aromatic heterocycles. The maximum atomic E-state index is 13.4. The van der Waals surface area contributed by atoms with Gasteiger partial charge >= 0.3 is 0 Å². The van der Waals surface area contributed by atoms with Gasteiger partial charge in [-0.3, -0.25) is 14.8 Å². The van der Waals surface area contributed by atoms with Crippen molar-refractivity contribution in [3.05, 3.63) is 66.6 Å². The van der Waals surface area contributed by atoms with Crippen LogP contribution in [-0.4, -0.2) is 29.3 Å². The summed E-state index contributed by atoms with van der Waals surface area (Å²) < 4.78 is 40.9. The summed E-state index contributed by atoms with van der Waals surface area (Å²) in [4.78, 5) is 23.9. The van der Waals surface area contributed by atoms with E-state index in [4.69, 9.17) is 0 Å². The van der Waals surface area contributed by atoms with Gasteiger partial charge in [-0.15, -0.1) is 0 Å². The number of fused-ring (bicyclic) bond motifs is 1. The minimum atomic E-state index is -3.93. The number of carbonyl (C=O) groups is 1. The topological polar surface area (TPSA) is 117 Å². The normalized spacial score (nSPS) is 13.8. The number of hydrogen-bond donors (Lipinski definition) is 3. The summed E-state index contributed by atoms with van der Waals surface area (Å²) in [7, 11) is -3.93. The fourth-order valence-corrected chi connectivity index (χ4v) is 4.41. The average Bonchev–Trinajstić information content (AvgIpc) is 3.52. The number of rotatable bonds is 6. The standard InChI is InChI=1S/C22H18FN5O3S/c23-15-2-1-3-17(12-15)32(30,31)28-16-8-6-13(7-9-16)19-18-10-11-24-20(18)26-22(25-19)27-21(29)14-4-5-14/h1-3,6-12,14,28H,4-5H2,(H2,24,25,26,27,29). The molecule has 0 aliphatic heterocycles. The zero-order valence-corrected chi connectivity index (χ0v) is 17.5. The predicted molar refractivity (Wildman–Crippen MR) is 118 cm³/mol. The monoisotopic (exact) mass is 451 g/mol. The van der Waals surface area contributed by atoms with Crippen molar-refractivity contribution in [2.24, 2.45) is 5.92 Å². The molecule has 32 heavy (non-hydrogen) atoms. The number of nitrogens with one attached hydrogen (secondary N) is 3. The second-order valence-corrected chi connectivity index (χ2v) is 9.22. The molecule has 0 saturated heterocycles. The lowest BCUT2D eigenvalue weighted by atomic mass is 10.1. The van der Waals surface area contributed by atoms with Gasteiger partial charge in [0.25, 0.3) is 10.0 Å². The molecule has 1 aliphatic rings. The Morgan fingerprint density at radius 1 is 1.06 bits per heavy atom. The lowest BCUT2D eigenvalue weighted by Gasteiger charge is -2.10. The highest BCUT2D eigenvalue weighted by Crippen LogP contribution is 2.31. The van der Waals surface area contributed by atoms with Crippen molar-refractivity contribution in [2.75, 3.05) is 10.0 Å². The molecule has 1 aliphatic carbocycles. The molecule has 162 valence electrons. The molecule has 0 spiro atoms. The number of halogens is 1. The molecule has 10 heteroatoms. The number of aromatic nitrogens is 3. The van der Waals surface area contributed by atoms with Crippen LogP contribution < -0.4 is 10.0 Å². The van der Waals surface area contributed by atoms with Gasteiger partial charge in [0.2, 0.25) is 11.9 Å². The summed E-state index contributed by atoms with van der Waals surface area (Å²) in [6, 6.07) is 13.2. The van der Waals surface area contributed by atoms with Crippen LogP contribution in [0, 0.1) is 11.7 Å². The number of benzene rings is 2. The van der Waals surface area contributed by atoms with E-state index in [9.17, 15) is 17.6 Å². The molecular weight excluding hydrogens is 433 g/mol. The smallest absolute Gasteiger partial charge is 0.261 e. The Labute approximate surface area is 183 Å². The van der Waals surface area contributed by atoms with Crippen molar-refractivity contribution in [3.8, 4) is 11.3 Å². The van der Waals surface area contributed by atoms with Gasteiger partial charge in [0.1, 0.15) is 11.5 Å². The zero-order valence-electron chi connectivity index (χ0n) is 16.7. The van der Waals surface area contributed by atoms with E-state index in [-0.39, 0.29) is 22.7 Å². The van der Waals surface area contributed by atoms with E-state index in [1.54, 1.807) is 30.5 Å². The lowest BCUT2D eigenvalue weighted by Crippen LogP contribution is -2.15. The Balaban J connectivity index is 1.43. The second kappa shape index (κ2) is 7.72. The zero-order chi connectivity index (χ0) is 22.3. The molecule has 1 amide bonds. The molecule has 0 atom stereocenters. The number of carbonyl (C=O) groups excluding carboxylic acids is 1. The Kier molecular flexibility index (Phi) is 4.86. The van der Waals surface area contributed by atoms with Gasteiger partial charge in [-0.2, -0.15) is 4.98 Å². The highest BCUT2D eigenvalue weighted by Gasteiger charge is 2.30. The number of sulfonamides is 1. The predicted octanol–water partition coefficient (Wildman–Crippen LogP) is 3.91. The Hall–Kier alpha value is -3.79. The maximum absolute atomic E-state index is 13.4. The van der Waals surface area contributed by atoms with Crippen LogP contribution in [0.15, 0.2) is 65.7 Å². The Morgan fingerprint density at radius 2 is 1.84 bits per heavy atom. The average molecular weight is 451 g/mol. The summed E-state index contributed by atoms with van der Waals surface area (Å²) in [5.74, 6) is -0.495. The third-order valence-electron chi connectivity index (χ3n) is 5.12. The fourth-order valence-electron chi connectivity index (χ4n) is 3.32. The molecule has 3 N–H and O–H groups in total. The first-order valence-corrected chi connectivity index (χ1v) is 11.4. The molecule has 4 aromatic rings. The molecule has 0 radical (unpaired) electrons. The summed E-state index contributed by atoms with van der Waals surface area (Å²) in [6.45, 7) is 0. The van der Waals surface area contributed by atoms with Gasteiger partial charge in [0, 0.05) is 28.8 Å². The molecule has 2 heterocycles. The number of aromatic amines is 1. The molecule has 8 nitrogen and oxygen atoms in total. The van der Waals surface area contributed by atoms with Crippen LogP contribution in [-0.2, 0) is 14.8 Å². The number of H-pyrrole nitrogens is 1. The summed E-state index contributed by atoms with van der Waals surface area (Å²) in [5, 5.41) is 3.52. The van der Waals surface area contributed by atoms with Gasteiger partial charge in [0.15, 0.2) is 0 Å². The molecular formula is C22H18FN5O3S. The van der Waals surface area contributed by atoms with Crippen molar-refractivity contribution >= 4 is 38.6 Å². The van der Waals surface area contributed by atoms with Crippen molar-refractivity contribution < 1.29 is 17.6 Å². The molecule has 5 rings (SSSR count). The molecule has 0 bridgehead atoms. The maximum Gasteiger partial charge on any atom is 0.261 e. The van der Waals surface area contributed by atoms with Crippen LogP contribution in [0.4, 0.5) is 16.0 Å². The van der Waals surface area contributed by atoms with Gasteiger partial charge in [-0.25, -0.2) is 17.8 Å². The molecule has 2 aromatic carbocycles. The second-order valence-electron chi connectivity index (χ2n) is 7.54. The minimum Gasteiger partial charge on any atom is -0.346 e. The van der Waals surface area contributed by atoms with E-state index in [2.05, 4.69) is 25.0 Å². The first-order chi connectivity index (χ1) is 15.4. The van der Waals surface area contributed by atoms with Crippen LogP contribution >= 0.6 is 0 Å². The van der Waals surface area contributed by atoms with Crippen molar-refractivity contribution in [1.82, 2.24) is 15.0 Å². The van der Waals surface area contributed by atoms with Gasteiger partial charge < -0.3 is 4.98 Å². The lowest BCUT2D eigenvalue weighted by molar-refractivity contribution is -0.117. The van der Waals surface area contributed by atoms with Gasteiger partial charge in [0.05, 0.1) is 10.6 Å². The highest BCUT2D eigenvalue weighted by molar-refractivity contribution is 7.92. The van der Waals surface area contributed by atoms with E-state index < -0.39 is 15.8 Å². The Bertz CT molecular complexity index is 1430. The third-order valence-corrected chi connectivity index (χ3v) is 6.49. The van der Waals surface area contributed by atoms with Crippen LogP contribution in [0.1, 0.15) is 12.8 Å². The summed E-state index contributed by atoms with van der Waals surface area (Å²) in [6.07, 6.45) is 3.48. The number of hydrogen-bond acceptors (Lipinski definition) is 5. The van der Waals surface area contributed by atoms with Crippen LogP contribution in [0.3, 0.4) is 0 Å². The molecule has 1 saturated carbocycles. The van der Waals surface area contributed by atoms with Gasteiger partial charge in [-0.05, 0) is 49.2 Å². The first kappa shape index (κ1) is 20.1. The van der Waals surface area contributed by atoms with Crippen molar-refractivity contribution in [1.29, 1.82) is 0 Å². The van der Waals surface area contributed by atoms with Crippen molar-refractivity contribution in [3.63, 3.8) is 0 Å². The number of nitrogens with zero attached hydrogens (tertiary/aromatic N) is 2. The van der Waals surface area contributed by atoms with Crippen LogP contribution in [0.5, 0.6) is 0 Å². The number of amides is 1. The largest absolute Gasteiger partial charge is 0.346 e.